The van der Waals surface area contributed by atoms with Crippen molar-refractivity contribution in [1.29, 1.82) is 0 Å². The predicted molar refractivity (Wildman–Crippen MR) is 68.1 cm³/mol. The summed E-state index contributed by atoms with van der Waals surface area (Å²) < 4.78 is 0. The molecule has 16 heavy (non-hydrogen) atoms. The molecule has 0 fully saturated rings. The molecule has 2 N–H and O–H groups in total. The highest BCUT2D eigenvalue weighted by Gasteiger charge is 2.17. The van der Waals surface area contributed by atoms with Gasteiger partial charge in [-0.05, 0) is 29.7 Å². The van der Waals surface area contributed by atoms with E-state index in [0.717, 1.165) is 11.4 Å². The first-order chi connectivity index (χ1) is 7.65. The quantitative estimate of drug-likeness (QED) is 0.844. The largest absolute Gasteiger partial charge is 0.325 e. The van der Waals surface area contributed by atoms with Crippen LogP contribution in [0.15, 0.2) is 36.0 Å². The SMILES string of the molecule is CC(C)C1C=C(Cc2cccc(Cl)c2)NN1. The maximum absolute atomic E-state index is 5.95. The Morgan fingerprint density at radius 2 is 2.19 bits per heavy atom. The summed E-state index contributed by atoms with van der Waals surface area (Å²) in [4.78, 5) is 0. The summed E-state index contributed by atoms with van der Waals surface area (Å²) in [5.41, 5.74) is 8.95. The molecule has 2 nitrogen and oxygen atoms in total. The molecule has 0 radical (unpaired) electrons. The second kappa shape index (κ2) is 4.89. The third kappa shape index (κ3) is 2.77. The average molecular weight is 237 g/mol. The van der Waals surface area contributed by atoms with Gasteiger partial charge in [-0.1, -0.05) is 37.6 Å². The highest BCUT2D eigenvalue weighted by molar-refractivity contribution is 6.30. The standard InChI is InChI=1S/C13H17ClN2/c1-9(2)13-8-12(15-16-13)7-10-4-3-5-11(14)6-10/h3-6,8-9,13,15-16H,7H2,1-2H3. The average Bonchev–Trinajstić information content (AvgIpc) is 2.66. The summed E-state index contributed by atoms with van der Waals surface area (Å²) >= 11 is 5.95. The van der Waals surface area contributed by atoms with Gasteiger partial charge in [0.05, 0.1) is 0 Å². The number of hydrazine groups is 1. The number of allylic oxidation sites excluding steroid dienone is 1. The van der Waals surface area contributed by atoms with Gasteiger partial charge in [-0.3, -0.25) is 0 Å². The van der Waals surface area contributed by atoms with E-state index in [9.17, 15) is 0 Å². The number of hydrogen-bond donors (Lipinski definition) is 2. The van der Waals surface area contributed by atoms with Gasteiger partial charge in [0, 0.05) is 23.2 Å². The Morgan fingerprint density at radius 3 is 2.81 bits per heavy atom. The van der Waals surface area contributed by atoms with E-state index < -0.39 is 0 Å². The third-order valence-electron chi connectivity index (χ3n) is 2.78. The van der Waals surface area contributed by atoms with E-state index >= 15 is 0 Å². The van der Waals surface area contributed by atoms with Gasteiger partial charge in [-0.2, -0.15) is 0 Å². The van der Waals surface area contributed by atoms with Crippen molar-refractivity contribution >= 4 is 11.6 Å². The molecule has 1 aliphatic rings. The number of rotatable bonds is 3. The smallest absolute Gasteiger partial charge is 0.0483 e. The van der Waals surface area contributed by atoms with Gasteiger partial charge in [-0.15, -0.1) is 0 Å². The molecule has 3 heteroatoms. The molecule has 1 atom stereocenters. The Balaban J connectivity index is 2.03. The van der Waals surface area contributed by atoms with E-state index in [2.05, 4.69) is 36.8 Å². The minimum Gasteiger partial charge on any atom is -0.325 e. The summed E-state index contributed by atoms with van der Waals surface area (Å²) in [6.07, 6.45) is 3.16. The van der Waals surface area contributed by atoms with Crippen LogP contribution >= 0.6 is 11.6 Å². The van der Waals surface area contributed by atoms with E-state index in [-0.39, 0.29) is 0 Å². The highest BCUT2D eigenvalue weighted by atomic mass is 35.5. The van der Waals surface area contributed by atoms with Gasteiger partial charge in [0.25, 0.3) is 0 Å². The van der Waals surface area contributed by atoms with Crippen molar-refractivity contribution in [3.63, 3.8) is 0 Å². The van der Waals surface area contributed by atoms with Crippen LogP contribution in [0.25, 0.3) is 0 Å². The Kier molecular flexibility index (Phi) is 3.52. The lowest BCUT2D eigenvalue weighted by Gasteiger charge is -2.11. The first-order valence-electron chi connectivity index (χ1n) is 5.62. The molecule has 1 unspecified atom stereocenters. The second-order valence-electron chi connectivity index (χ2n) is 4.54. The fourth-order valence-electron chi connectivity index (χ4n) is 1.81. The van der Waals surface area contributed by atoms with Crippen molar-refractivity contribution in [2.45, 2.75) is 26.3 Å². The zero-order valence-corrected chi connectivity index (χ0v) is 10.4. The van der Waals surface area contributed by atoms with Crippen LogP contribution in [-0.4, -0.2) is 6.04 Å². The van der Waals surface area contributed by atoms with Crippen molar-refractivity contribution in [2.75, 3.05) is 0 Å². The first-order valence-corrected chi connectivity index (χ1v) is 5.99. The van der Waals surface area contributed by atoms with E-state index in [1.54, 1.807) is 0 Å². The molecule has 0 bridgehead atoms. The number of benzene rings is 1. The van der Waals surface area contributed by atoms with E-state index in [1.807, 2.05) is 18.2 Å². The Labute approximate surface area is 102 Å². The van der Waals surface area contributed by atoms with Gasteiger partial charge in [-0.25, -0.2) is 5.43 Å². The molecule has 1 heterocycles. The van der Waals surface area contributed by atoms with Crippen molar-refractivity contribution in [3.05, 3.63) is 46.6 Å². The lowest BCUT2D eigenvalue weighted by Crippen LogP contribution is -2.35. The lowest BCUT2D eigenvalue weighted by molar-refractivity contribution is 0.459. The minimum atomic E-state index is 0.425. The molecule has 1 aliphatic heterocycles. The zero-order chi connectivity index (χ0) is 11.5. The van der Waals surface area contributed by atoms with Gasteiger partial charge < -0.3 is 5.43 Å². The van der Waals surface area contributed by atoms with Gasteiger partial charge in [0.1, 0.15) is 0 Å². The van der Waals surface area contributed by atoms with Crippen molar-refractivity contribution in [1.82, 2.24) is 10.9 Å². The topological polar surface area (TPSA) is 24.1 Å². The molecular formula is C13H17ClN2. The molecule has 2 rings (SSSR count). The zero-order valence-electron chi connectivity index (χ0n) is 9.63. The van der Waals surface area contributed by atoms with E-state index in [1.165, 1.54) is 11.3 Å². The fraction of sp³-hybridized carbons (Fsp3) is 0.385. The minimum absolute atomic E-state index is 0.425. The number of halogens is 1. The van der Waals surface area contributed by atoms with Crippen LogP contribution in [0.4, 0.5) is 0 Å². The van der Waals surface area contributed by atoms with Gasteiger partial charge in [0.15, 0.2) is 0 Å². The number of hydrogen-bond acceptors (Lipinski definition) is 2. The van der Waals surface area contributed by atoms with Gasteiger partial charge in [0.2, 0.25) is 0 Å². The van der Waals surface area contributed by atoms with Crippen LogP contribution in [-0.2, 0) is 6.42 Å². The Bertz CT molecular complexity index is 399. The van der Waals surface area contributed by atoms with Crippen molar-refractivity contribution < 1.29 is 0 Å². The van der Waals surface area contributed by atoms with Crippen LogP contribution in [0.3, 0.4) is 0 Å². The highest BCUT2D eigenvalue weighted by Crippen LogP contribution is 2.16. The molecule has 0 saturated heterocycles. The van der Waals surface area contributed by atoms with E-state index in [0.29, 0.717) is 12.0 Å². The second-order valence-corrected chi connectivity index (χ2v) is 4.97. The van der Waals surface area contributed by atoms with E-state index in [4.69, 9.17) is 11.6 Å². The Morgan fingerprint density at radius 1 is 1.38 bits per heavy atom. The molecular weight excluding hydrogens is 220 g/mol. The summed E-state index contributed by atoms with van der Waals surface area (Å²) in [7, 11) is 0. The fourth-order valence-corrected chi connectivity index (χ4v) is 2.02. The summed E-state index contributed by atoms with van der Waals surface area (Å²) in [6.45, 7) is 4.41. The van der Waals surface area contributed by atoms with Crippen molar-refractivity contribution in [3.8, 4) is 0 Å². The van der Waals surface area contributed by atoms with Crippen LogP contribution in [0.2, 0.25) is 5.02 Å². The third-order valence-corrected chi connectivity index (χ3v) is 3.02. The molecule has 1 aromatic carbocycles. The summed E-state index contributed by atoms with van der Waals surface area (Å²) in [5, 5.41) is 0.796. The van der Waals surface area contributed by atoms with Crippen LogP contribution in [0.5, 0.6) is 0 Å². The Hall–Kier alpha value is -0.990. The van der Waals surface area contributed by atoms with Crippen LogP contribution in [0, 0.1) is 5.92 Å². The molecule has 0 amide bonds. The summed E-state index contributed by atoms with van der Waals surface area (Å²) in [5.74, 6) is 0.601. The molecule has 0 aromatic heterocycles. The maximum atomic E-state index is 5.95. The molecule has 1 aromatic rings. The van der Waals surface area contributed by atoms with Crippen LogP contribution in [0.1, 0.15) is 19.4 Å². The normalized spacial score (nSPS) is 19.8. The first kappa shape index (κ1) is 11.5. The maximum Gasteiger partial charge on any atom is 0.0483 e. The van der Waals surface area contributed by atoms with Gasteiger partial charge >= 0.3 is 0 Å². The lowest BCUT2D eigenvalue weighted by atomic mass is 10.0. The molecule has 0 saturated carbocycles. The number of nitrogens with one attached hydrogen (secondary N) is 2. The molecule has 0 aliphatic carbocycles. The van der Waals surface area contributed by atoms with Crippen molar-refractivity contribution in [2.24, 2.45) is 5.92 Å². The summed E-state index contributed by atoms with van der Waals surface area (Å²) in [6, 6.07) is 8.41. The monoisotopic (exact) mass is 236 g/mol. The molecule has 86 valence electrons. The predicted octanol–water partition coefficient (Wildman–Crippen LogP) is 2.90. The molecule has 0 spiro atoms. The van der Waals surface area contributed by atoms with Crippen LogP contribution < -0.4 is 10.9 Å².